The molecule has 1 aromatic carbocycles. The number of ether oxygens (including phenoxy) is 1. The molecule has 1 rings (SSSR count). The number of nitrogens with two attached hydrogens (primary N) is 1. The van der Waals surface area contributed by atoms with E-state index in [0.29, 0.717) is 0 Å². The van der Waals surface area contributed by atoms with Crippen LogP contribution in [0.1, 0.15) is 18.1 Å². The first-order valence-corrected chi connectivity index (χ1v) is 5.20. The van der Waals surface area contributed by atoms with E-state index >= 15 is 0 Å². The van der Waals surface area contributed by atoms with Crippen LogP contribution in [0.4, 0.5) is 17.6 Å². The molecule has 0 heterocycles. The van der Waals surface area contributed by atoms with E-state index in [-0.39, 0.29) is 11.1 Å². The number of halogens is 4. The van der Waals surface area contributed by atoms with Gasteiger partial charge >= 0.3 is 6.18 Å². The topological polar surface area (TPSA) is 67.8 Å². The van der Waals surface area contributed by atoms with Crippen LogP contribution >= 0.6 is 0 Å². The smallest absolute Gasteiger partial charge is 0.409 e. The zero-order valence-corrected chi connectivity index (χ0v) is 9.91. The van der Waals surface area contributed by atoms with Crippen molar-refractivity contribution >= 4 is 5.84 Å². The minimum absolute atomic E-state index is 0.0168. The number of oxime groups is 1. The fourth-order valence-corrected chi connectivity index (χ4v) is 1.28. The van der Waals surface area contributed by atoms with Crippen LogP contribution in [0.3, 0.4) is 0 Å². The molecule has 0 radical (unpaired) electrons. The van der Waals surface area contributed by atoms with E-state index in [1.807, 2.05) is 0 Å². The Morgan fingerprint density at radius 1 is 1.47 bits per heavy atom. The highest BCUT2D eigenvalue weighted by Gasteiger charge is 2.36. The maximum Gasteiger partial charge on any atom is 0.414 e. The SMILES string of the molecule is CC(OCc1ccc(F)cc1C(N)=NO)C(F)(F)F. The summed E-state index contributed by atoms with van der Waals surface area (Å²) < 4.78 is 54.5. The highest BCUT2D eigenvalue weighted by atomic mass is 19.4. The monoisotopic (exact) mass is 280 g/mol. The van der Waals surface area contributed by atoms with Crippen LogP contribution in [0, 0.1) is 5.82 Å². The minimum atomic E-state index is -4.49. The molecule has 0 saturated carbocycles. The Morgan fingerprint density at radius 3 is 2.63 bits per heavy atom. The third-order valence-corrected chi connectivity index (χ3v) is 2.41. The fraction of sp³-hybridized carbons (Fsp3) is 0.364. The zero-order chi connectivity index (χ0) is 14.6. The highest BCUT2D eigenvalue weighted by molar-refractivity contribution is 5.98. The Bertz CT molecular complexity index is 474. The number of nitrogens with zero attached hydrogens (tertiary/aromatic N) is 1. The van der Waals surface area contributed by atoms with Gasteiger partial charge < -0.3 is 15.7 Å². The van der Waals surface area contributed by atoms with Crippen LogP contribution in [0.5, 0.6) is 0 Å². The Hall–Kier alpha value is -1.83. The zero-order valence-electron chi connectivity index (χ0n) is 9.91. The van der Waals surface area contributed by atoms with Crippen LogP contribution in [0.25, 0.3) is 0 Å². The lowest BCUT2D eigenvalue weighted by atomic mass is 10.1. The summed E-state index contributed by atoms with van der Waals surface area (Å²) in [7, 11) is 0. The van der Waals surface area contributed by atoms with Gasteiger partial charge in [0.2, 0.25) is 0 Å². The summed E-state index contributed by atoms with van der Waals surface area (Å²) in [6, 6.07) is 3.21. The van der Waals surface area contributed by atoms with Crippen LogP contribution in [-0.4, -0.2) is 23.3 Å². The molecule has 0 fully saturated rings. The molecule has 1 aromatic rings. The van der Waals surface area contributed by atoms with E-state index < -0.39 is 30.5 Å². The normalized spacial score (nSPS) is 14.5. The second-order valence-corrected chi connectivity index (χ2v) is 3.78. The molecule has 0 spiro atoms. The largest absolute Gasteiger partial charge is 0.414 e. The lowest BCUT2D eigenvalue weighted by Crippen LogP contribution is -2.28. The molecule has 0 aliphatic carbocycles. The molecule has 1 atom stereocenters. The summed E-state index contributed by atoms with van der Waals surface area (Å²) >= 11 is 0. The van der Waals surface area contributed by atoms with Crippen LogP contribution < -0.4 is 5.73 Å². The summed E-state index contributed by atoms with van der Waals surface area (Å²) in [5.41, 5.74) is 5.48. The quantitative estimate of drug-likeness (QED) is 0.292. The molecule has 0 aliphatic rings. The molecule has 4 nitrogen and oxygen atoms in total. The van der Waals surface area contributed by atoms with Crippen LogP contribution in [0.2, 0.25) is 0 Å². The van der Waals surface area contributed by atoms with Crippen molar-refractivity contribution in [3.05, 3.63) is 35.1 Å². The number of rotatable bonds is 4. The Labute approximate surface area is 106 Å². The number of amidine groups is 1. The standard InChI is InChI=1S/C11H12F4N2O2/c1-6(11(13,14)15)19-5-7-2-3-8(12)4-9(7)10(16)17-18/h2-4,6,18H,5H2,1H3,(H2,16,17). The van der Waals surface area contributed by atoms with Crippen molar-refractivity contribution in [2.45, 2.75) is 25.8 Å². The maximum absolute atomic E-state index is 13.0. The first kappa shape index (κ1) is 15.2. The summed E-state index contributed by atoms with van der Waals surface area (Å²) in [6.45, 7) is 0.416. The van der Waals surface area contributed by atoms with Crippen LogP contribution in [-0.2, 0) is 11.3 Å². The number of hydrogen-bond acceptors (Lipinski definition) is 3. The Kier molecular flexibility index (Phi) is 4.71. The number of alkyl halides is 3. The number of benzene rings is 1. The average Bonchev–Trinajstić information content (AvgIpc) is 2.34. The summed E-state index contributed by atoms with van der Waals surface area (Å²) in [6.07, 6.45) is -6.46. The maximum atomic E-state index is 13.0. The van der Waals surface area contributed by atoms with Crippen molar-refractivity contribution in [2.24, 2.45) is 10.9 Å². The highest BCUT2D eigenvalue weighted by Crippen LogP contribution is 2.24. The molecular weight excluding hydrogens is 268 g/mol. The van der Waals surface area contributed by atoms with Gasteiger partial charge in [-0.1, -0.05) is 11.2 Å². The second kappa shape index (κ2) is 5.87. The summed E-state index contributed by atoms with van der Waals surface area (Å²) in [5.74, 6) is -1.06. The van der Waals surface area contributed by atoms with Crippen molar-refractivity contribution in [1.29, 1.82) is 0 Å². The van der Waals surface area contributed by atoms with Crippen LogP contribution in [0.15, 0.2) is 23.4 Å². The van der Waals surface area contributed by atoms with Gasteiger partial charge in [-0.3, -0.25) is 0 Å². The van der Waals surface area contributed by atoms with Gasteiger partial charge in [0, 0.05) is 5.56 Å². The fourth-order valence-electron chi connectivity index (χ4n) is 1.28. The van der Waals surface area contributed by atoms with E-state index in [1.54, 1.807) is 0 Å². The predicted octanol–water partition coefficient (Wildman–Crippen LogP) is 2.39. The summed E-state index contributed by atoms with van der Waals surface area (Å²) in [4.78, 5) is 0. The molecule has 19 heavy (non-hydrogen) atoms. The molecule has 0 aromatic heterocycles. The van der Waals surface area contributed by atoms with Crippen molar-refractivity contribution < 1.29 is 27.5 Å². The second-order valence-electron chi connectivity index (χ2n) is 3.78. The van der Waals surface area contributed by atoms with Crippen molar-refractivity contribution in [3.8, 4) is 0 Å². The van der Waals surface area contributed by atoms with Gasteiger partial charge in [-0.15, -0.1) is 0 Å². The molecule has 0 amide bonds. The van der Waals surface area contributed by atoms with Gasteiger partial charge in [0.15, 0.2) is 11.9 Å². The third kappa shape index (κ3) is 4.09. The molecule has 3 N–H and O–H groups in total. The molecule has 0 saturated heterocycles. The Balaban J connectivity index is 2.90. The third-order valence-electron chi connectivity index (χ3n) is 2.41. The molecule has 8 heteroatoms. The van der Waals surface area contributed by atoms with Gasteiger partial charge in [0.25, 0.3) is 0 Å². The van der Waals surface area contributed by atoms with E-state index in [0.717, 1.165) is 19.1 Å². The molecule has 106 valence electrons. The molecule has 0 bridgehead atoms. The van der Waals surface area contributed by atoms with Crippen molar-refractivity contribution in [3.63, 3.8) is 0 Å². The number of hydrogen-bond donors (Lipinski definition) is 2. The predicted molar refractivity (Wildman–Crippen MR) is 59.2 cm³/mol. The van der Waals surface area contributed by atoms with Gasteiger partial charge in [0.05, 0.1) is 6.61 Å². The lowest BCUT2D eigenvalue weighted by molar-refractivity contribution is -0.217. The first-order valence-electron chi connectivity index (χ1n) is 5.20. The van der Waals surface area contributed by atoms with Crippen molar-refractivity contribution in [2.75, 3.05) is 0 Å². The van der Waals surface area contributed by atoms with Gasteiger partial charge in [-0.2, -0.15) is 13.2 Å². The van der Waals surface area contributed by atoms with Gasteiger partial charge in [0.1, 0.15) is 5.82 Å². The lowest BCUT2D eigenvalue weighted by Gasteiger charge is -2.17. The molecule has 0 aliphatic heterocycles. The first-order chi connectivity index (χ1) is 8.75. The average molecular weight is 280 g/mol. The van der Waals surface area contributed by atoms with Crippen molar-refractivity contribution in [1.82, 2.24) is 0 Å². The molecular formula is C11H12F4N2O2. The summed E-state index contributed by atoms with van der Waals surface area (Å²) in [5, 5.41) is 11.2. The molecule has 1 unspecified atom stereocenters. The van der Waals surface area contributed by atoms with E-state index in [2.05, 4.69) is 9.89 Å². The van der Waals surface area contributed by atoms with E-state index in [9.17, 15) is 17.6 Å². The Morgan fingerprint density at radius 2 is 2.11 bits per heavy atom. The minimum Gasteiger partial charge on any atom is -0.409 e. The van der Waals surface area contributed by atoms with E-state index in [1.165, 1.54) is 6.07 Å². The van der Waals surface area contributed by atoms with Gasteiger partial charge in [-0.05, 0) is 24.6 Å². The van der Waals surface area contributed by atoms with E-state index in [4.69, 9.17) is 10.9 Å². The van der Waals surface area contributed by atoms with Gasteiger partial charge in [-0.25, -0.2) is 4.39 Å².